The van der Waals surface area contributed by atoms with Crippen molar-refractivity contribution in [1.29, 1.82) is 0 Å². The zero-order valence-corrected chi connectivity index (χ0v) is 6.43. The van der Waals surface area contributed by atoms with E-state index in [2.05, 4.69) is 5.32 Å². The van der Waals surface area contributed by atoms with Crippen molar-refractivity contribution in [1.82, 2.24) is 5.32 Å². The fourth-order valence-electron chi connectivity index (χ4n) is 0.845. The molecule has 1 heterocycles. The molecule has 0 aliphatic carbocycles. The fourth-order valence-corrected chi connectivity index (χ4v) is 0.845. The van der Waals surface area contributed by atoms with Crippen molar-refractivity contribution in [2.75, 3.05) is 6.61 Å². The number of imide groups is 1. The minimum absolute atomic E-state index is 0.150. The van der Waals surface area contributed by atoms with Gasteiger partial charge in [0.2, 0.25) is 0 Å². The molecule has 1 rings (SSSR count). The molecule has 0 unspecified atom stereocenters. The van der Waals surface area contributed by atoms with Gasteiger partial charge in [-0.1, -0.05) is 0 Å². The van der Waals surface area contributed by atoms with Gasteiger partial charge in [0.15, 0.2) is 5.76 Å². The van der Waals surface area contributed by atoms with E-state index in [-0.39, 0.29) is 11.7 Å². The summed E-state index contributed by atoms with van der Waals surface area (Å²) in [5, 5.41) is 2.12. The highest BCUT2D eigenvalue weighted by Gasteiger charge is 2.27. The predicted molar refractivity (Wildman–Crippen MR) is 37.5 cm³/mol. The molecular formula is C7H9NO3. The summed E-state index contributed by atoms with van der Waals surface area (Å²) in [4.78, 5) is 21.7. The molecule has 4 heteroatoms. The van der Waals surface area contributed by atoms with Gasteiger partial charge in [-0.05, 0) is 13.8 Å². The van der Waals surface area contributed by atoms with Gasteiger partial charge in [0, 0.05) is 0 Å². The van der Waals surface area contributed by atoms with Gasteiger partial charge < -0.3 is 4.74 Å². The summed E-state index contributed by atoms with van der Waals surface area (Å²) in [5.74, 6) is -0.648. The van der Waals surface area contributed by atoms with Crippen molar-refractivity contribution in [2.24, 2.45) is 0 Å². The van der Waals surface area contributed by atoms with Gasteiger partial charge in [-0.2, -0.15) is 0 Å². The molecule has 0 aromatic rings. The van der Waals surface area contributed by atoms with E-state index in [1.165, 1.54) is 0 Å². The van der Waals surface area contributed by atoms with E-state index in [1.54, 1.807) is 13.8 Å². The van der Waals surface area contributed by atoms with Crippen molar-refractivity contribution < 1.29 is 14.3 Å². The van der Waals surface area contributed by atoms with E-state index in [4.69, 9.17) is 4.74 Å². The SMILES string of the molecule is CCOC1=C(C)C(=O)NC1=O. The van der Waals surface area contributed by atoms with Crippen LogP contribution in [0.3, 0.4) is 0 Å². The van der Waals surface area contributed by atoms with Gasteiger partial charge >= 0.3 is 0 Å². The summed E-state index contributed by atoms with van der Waals surface area (Å²) in [6.45, 7) is 3.72. The summed E-state index contributed by atoms with van der Waals surface area (Å²) in [5.41, 5.74) is 0.358. The first-order chi connectivity index (χ1) is 5.16. The van der Waals surface area contributed by atoms with Crippen molar-refractivity contribution in [3.63, 3.8) is 0 Å². The maximum atomic E-state index is 10.9. The van der Waals surface area contributed by atoms with Gasteiger partial charge in [-0.3, -0.25) is 14.9 Å². The number of amides is 2. The zero-order valence-electron chi connectivity index (χ0n) is 6.43. The van der Waals surface area contributed by atoms with Crippen LogP contribution in [0.25, 0.3) is 0 Å². The molecule has 0 saturated carbocycles. The van der Waals surface area contributed by atoms with Crippen LogP contribution in [0.5, 0.6) is 0 Å². The number of hydrogen-bond acceptors (Lipinski definition) is 3. The Morgan fingerprint density at radius 1 is 1.36 bits per heavy atom. The summed E-state index contributed by atoms with van der Waals surface area (Å²) in [7, 11) is 0. The second kappa shape index (κ2) is 2.74. The minimum Gasteiger partial charge on any atom is -0.488 e. The first-order valence-electron chi connectivity index (χ1n) is 3.36. The molecule has 1 aliphatic rings. The maximum absolute atomic E-state index is 10.9. The third-order valence-electron chi connectivity index (χ3n) is 1.40. The molecule has 0 radical (unpaired) electrons. The van der Waals surface area contributed by atoms with Crippen LogP contribution in [0.4, 0.5) is 0 Å². The molecule has 0 saturated heterocycles. The Kier molecular flexibility index (Phi) is 1.94. The Labute approximate surface area is 64.2 Å². The number of nitrogens with one attached hydrogen (secondary N) is 1. The Morgan fingerprint density at radius 3 is 2.36 bits per heavy atom. The zero-order chi connectivity index (χ0) is 8.43. The van der Waals surface area contributed by atoms with E-state index in [1.807, 2.05) is 0 Å². The molecule has 1 aliphatic heterocycles. The molecular weight excluding hydrogens is 146 g/mol. The first kappa shape index (κ1) is 7.78. The lowest BCUT2D eigenvalue weighted by Gasteiger charge is -1.99. The van der Waals surface area contributed by atoms with E-state index in [0.717, 1.165) is 0 Å². The van der Waals surface area contributed by atoms with Crippen molar-refractivity contribution in [2.45, 2.75) is 13.8 Å². The minimum atomic E-state index is -0.436. The average molecular weight is 155 g/mol. The molecule has 0 aromatic heterocycles. The Hall–Kier alpha value is -1.32. The molecule has 1 N–H and O–H groups in total. The van der Waals surface area contributed by atoms with E-state index >= 15 is 0 Å². The van der Waals surface area contributed by atoms with Gasteiger partial charge in [-0.25, -0.2) is 0 Å². The van der Waals surface area contributed by atoms with Gasteiger partial charge in [-0.15, -0.1) is 0 Å². The van der Waals surface area contributed by atoms with Gasteiger partial charge in [0.1, 0.15) is 0 Å². The van der Waals surface area contributed by atoms with Crippen LogP contribution < -0.4 is 5.32 Å². The lowest BCUT2D eigenvalue weighted by atomic mass is 10.3. The smallest absolute Gasteiger partial charge is 0.293 e. The molecule has 0 spiro atoms. The summed E-state index contributed by atoms with van der Waals surface area (Å²) in [6.07, 6.45) is 0. The third kappa shape index (κ3) is 1.24. The second-order valence-electron chi connectivity index (χ2n) is 2.17. The van der Waals surface area contributed by atoms with Crippen LogP contribution in [-0.2, 0) is 14.3 Å². The predicted octanol–water partition coefficient (Wildman–Crippen LogP) is -0.0467. The van der Waals surface area contributed by atoms with Gasteiger partial charge in [0.05, 0.1) is 12.2 Å². The number of hydrogen-bond donors (Lipinski definition) is 1. The molecule has 0 aromatic carbocycles. The molecule has 2 amide bonds. The van der Waals surface area contributed by atoms with Crippen LogP contribution in [0.2, 0.25) is 0 Å². The van der Waals surface area contributed by atoms with Crippen molar-refractivity contribution in [3.05, 3.63) is 11.3 Å². The van der Waals surface area contributed by atoms with E-state index in [9.17, 15) is 9.59 Å². The van der Waals surface area contributed by atoms with E-state index < -0.39 is 5.91 Å². The molecule has 0 bridgehead atoms. The number of carbonyl (C=O) groups is 2. The summed E-state index contributed by atoms with van der Waals surface area (Å²) in [6, 6.07) is 0. The molecule has 11 heavy (non-hydrogen) atoms. The average Bonchev–Trinajstić information content (AvgIpc) is 2.17. The highest BCUT2D eigenvalue weighted by Crippen LogP contribution is 2.12. The maximum Gasteiger partial charge on any atom is 0.293 e. The largest absolute Gasteiger partial charge is 0.488 e. The third-order valence-corrected chi connectivity index (χ3v) is 1.40. The van der Waals surface area contributed by atoms with Crippen molar-refractivity contribution in [3.8, 4) is 0 Å². The molecule has 0 fully saturated rings. The normalized spacial score (nSPS) is 17.3. The fraction of sp³-hybridized carbons (Fsp3) is 0.429. The lowest BCUT2D eigenvalue weighted by Crippen LogP contribution is -2.23. The monoisotopic (exact) mass is 155 g/mol. The topological polar surface area (TPSA) is 55.4 Å². The Morgan fingerprint density at radius 2 is 2.00 bits per heavy atom. The highest BCUT2D eigenvalue weighted by atomic mass is 16.5. The van der Waals surface area contributed by atoms with E-state index in [0.29, 0.717) is 12.2 Å². The van der Waals surface area contributed by atoms with Crippen LogP contribution in [-0.4, -0.2) is 18.4 Å². The van der Waals surface area contributed by atoms with Gasteiger partial charge in [0.25, 0.3) is 11.8 Å². The quantitative estimate of drug-likeness (QED) is 0.569. The summed E-state index contributed by atoms with van der Waals surface area (Å²) >= 11 is 0. The Balaban J connectivity index is 2.87. The van der Waals surface area contributed by atoms with Crippen LogP contribution in [0.1, 0.15) is 13.8 Å². The summed E-state index contributed by atoms with van der Waals surface area (Å²) < 4.78 is 4.94. The first-order valence-corrected chi connectivity index (χ1v) is 3.36. The number of carbonyl (C=O) groups excluding carboxylic acids is 2. The Bertz CT molecular complexity index is 242. The lowest BCUT2D eigenvalue weighted by molar-refractivity contribution is -0.125. The second-order valence-corrected chi connectivity index (χ2v) is 2.17. The van der Waals surface area contributed by atoms with Crippen molar-refractivity contribution >= 4 is 11.8 Å². The highest BCUT2D eigenvalue weighted by molar-refractivity contribution is 6.18. The molecule has 0 atom stereocenters. The number of ether oxygens (including phenoxy) is 1. The molecule has 60 valence electrons. The van der Waals surface area contributed by atoms with Crippen LogP contribution in [0.15, 0.2) is 11.3 Å². The molecule has 4 nitrogen and oxygen atoms in total. The number of rotatable bonds is 2. The van der Waals surface area contributed by atoms with Crippen LogP contribution >= 0.6 is 0 Å². The standard InChI is InChI=1S/C7H9NO3/c1-3-11-5-4(2)6(9)8-7(5)10/h3H2,1-2H3,(H,8,9,10). The van der Waals surface area contributed by atoms with Crippen LogP contribution in [0, 0.1) is 0 Å².